The van der Waals surface area contributed by atoms with E-state index in [0.29, 0.717) is 0 Å². The van der Waals surface area contributed by atoms with Crippen LogP contribution in [-0.4, -0.2) is 17.8 Å². The Kier molecular flexibility index (Phi) is 4.70. The van der Waals surface area contributed by atoms with Crippen LogP contribution < -0.4 is 5.48 Å². The molecule has 1 aromatic heterocycles. The summed E-state index contributed by atoms with van der Waals surface area (Å²) < 4.78 is 36.4. The predicted octanol–water partition coefficient (Wildman–Crippen LogP) is 3.25. The first-order chi connectivity index (χ1) is 9.56. The minimum absolute atomic E-state index is 0.485. The third kappa shape index (κ3) is 4.32. The molecule has 3 nitrogen and oxygen atoms in total. The second kappa shape index (κ2) is 6.49. The van der Waals surface area contributed by atoms with Crippen molar-refractivity contribution in [3.05, 3.63) is 66.0 Å². The van der Waals surface area contributed by atoms with E-state index in [4.69, 9.17) is 0 Å². The third-order valence-electron chi connectivity index (χ3n) is 2.61. The molecular weight excluding hydrogens is 269 g/mol. The number of nitrogens with one attached hydrogen (secondary N) is 1. The van der Waals surface area contributed by atoms with Gasteiger partial charge in [0, 0.05) is 12.4 Å². The van der Waals surface area contributed by atoms with Gasteiger partial charge in [0.15, 0.2) is 6.61 Å². The largest absolute Gasteiger partial charge is 0.413 e. The van der Waals surface area contributed by atoms with Crippen LogP contribution in [0, 0.1) is 0 Å². The second-order valence-electron chi connectivity index (χ2n) is 4.15. The summed E-state index contributed by atoms with van der Waals surface area (Å²) in [6.45, 7) is -1.35. The average Bonchev–Trinajstić information content (AvgIpc) is 2.44. The molecule has 106 valence electrons. The Labute approximate surface area is 114 Å². The molecule has 0 aliphatic rings. The van der Waals surface area contributed by atoms with E-state index >= 15 is 0 Å². The van der Waals surface area contributed by atoms with E-state index in [1.165, 1.54) is 0 Å². The third-order valence-corrected chi connectivity index (χ3v) is 2.61. The van der Waals surface area contributed by atoms with E-state index in [2.05, 4.69) is 15.3 Å². The smallest absolute Gasteiger partial charge is 0.291 e. The summed E-state index contributed by atoms with van der Waals surface area (Å²) in [5.74, 6) is 0. The SMILES string of the molecule is FC(F)(F)CONC(c1ccccc1)c1ccncc1. The van der Waals surface area contributed by atoms with Crippen molar-refractivity contribution in [2.24, 2.45) is 0 Å². The standard InChI is InChI=1S/C14H13F3N2O/c15-14(16,17)10-20-19-13(11-4-2-1-3-5-11)12-6-8-18-9-7-12/h1-9,13,19H,10H2. The molecule has 6 heteroatoms. The Hall–Kier alpha value is -1.92. The number of halogens is 3. The molecule has 0 aliphatic heterocycles. The Morgan fingerprint density at radius 1 is 1.00 bits per heavy atom. The highest BCUT2D eigenvalue weighted by molar-refractivity contribution is 5.29. The van der Waals surface area contributed by atoms with Crippen LogP contribution in [0.1, 0.15) is 17.2 Å². The molecule has 2 aromatic rings. The number of pyridine rings is 1. The molecule has 0 saturated heterocycles. The van der Waals surface area contributed by atoms with E-state index in [9.17, 15) is 13.2 Å². The Morgan fingerprint density at radius 2 is 1.60 bits per heavy atom. The molecule has 0 saturated carbocycles. The lowest BCUT2D eigenvalue weighted by molar-refractivity contribution is -0.192. The molecule has 0 fully saturated rings. The van der Waals surface area contributed by atoms with Gasteiger partial charge in [-0.3, -0.25) is 9.82 Å². The van der Waals surface area contributed by atoms with Crippen molar-refractivity contribution in [3.8, 4) is 0 Å². The number of hydroxylamine groups is 1. The van der Waals surface area contributed by atoms with E-state index in [1.807, 2.05) is 30.3 Å². The highest BCUT2D eigenvalue weighted by atomic mass is 19.4. The molecule has 1 unspecified atom stereocenters. The minimum atomic E-state index is -4.37. The topological polar surface area (TPSA) is 34.1 Å². The summed E-state index contributed by atoms with van der Waals surface area (Å²) in [6.07, 6.45) is -1.21. The summed E-state index contributed by atoms with van der Waals surface area (Å²) in [5.41, 5.74) is 4.04. The number of hydrogen-bond donors (Lipinski definition) is 1. The number of nitrogens with zero attached hydrogens (tertiary/aromatic N) is 1. The number of benzene rings is 1. The van der Waals surface area contributed by atoms with Gasteiger partial charge in [-0.05, 0) is 23.3 Å². The van der Waals surface area contributed by atoms with Crippen LogP contribution >= 0.6 is 0 Å². The maximum absolute atomic E-state index is 12.1. The minimum Gasteiger partial charge on any atom is -0.291 e. The van der Waals surface area contributed by atoms with Crippen LogP contribution in [-0.2, 0) is 4.84 Å². The zero-order valence-electron chi connectivity index (χ0n) is 10.5. The lowest BCUT2D eigenvalue weighted by atomic mass is 10.0. The first-order valence-corrected chi connectivity index (χ1v) is 5.95. The van der Waals surface area contributed by atoms with Crippen LogP contribution in [0.3, 0.4) is 0 Å². The monoisotopic (exact) mass is 282 g/mol. The second-order valence-corrected chi connectivity index (χ2v) is 4.15. The normalized spacial score (nSPS) is 13.2. The van der Waals surface area contributed by atoms with Crippen molar-refractivity contribution >= 4 is 0 Å². The van der Waals surface area contributed by atoms with Gasteiger partial charge < -0.3 is 0 Å². The van der Waals surface area contributed by atoms with E-state index in [0.717, 1.165) is 11.1 Å². The molecule has 1 heterocycles. The van der Waals surface area contributed by atoms with Crippen molar-refractivity contribution in [1.82, 2.24) is 10.5 Å². The van der Waals surface area contributed by atoms with Gasteiger partial charge in [-0.1, -0.05) is 30.3 Å². The number of rotatable bonds is 5. The summed E-state index contributed by atoms with van der Waals surface area (Å²) in [5, 5.41) is 0. The van der Waals surface area contributed by atoms with Gasteiger partial charge in [0.1, 0.15) is 0 Å². The van der Waals surface area contributed by atoms with Crippen LogP contribution in [0.5, 0.6) is 0 Å². The van der Waals surface area contributed by atoms with Gasteiger partial charge in [0.2, 0.25) is 0 Å². The molecule has 0 radical (unpaired) electrons. The molecule has 0 bridgehead atoms. The summed E-state index contributed by atoms with van der Waals surface area (Å²) >= 11 is 0. The fraction of sp³-hybridized carbons (Fsp3) is 0.214. The maximum atomic E-state index is 12.1. The molecule has 0 spiro atoms. The van der Waals surface area contributed by atoms with Crippen molar-refractivity contribution in [1.29, 1.82) is 0 Å². The van der Waals surface area contributed by atoms with Crippen molar-refractivity contribution in [2.45, 2.75) is 12.2 Å². The fourth-order valence-electron chi connectivity index (χ4n) is 1.74. The number of hydrogen-bond acceptors (Lipinski definition) is 3. The number of alkyl halides is 3. The van der Waals surface area contributed by atoms with Gasteiger partial charge in [0.25, 0.3) is 0 Å². The molecular formula is C14H13F3N2O. The van der Waals surface area contributed by atoms with Gasteiger partial charge >= 0.3 is 6.18 Å². The Morgan fingerprint density at radius 3 is 2.20 bits per heavy atom. The molecule has 0 amide bonds. The van der Waals surface area contributed by atoms with Gasteiger partial charge in [0.05, 0.1) is 6.04 Å². The zero-order valence-corrected chi connectivity index (χ0v) is 10.5. The van der Waals surface area contributed by atoms with Crippen LogP contribution in [0.15, 0.2) is 54.9 Å². The Bertz CT molecular complexity index is 477. The van der Waals surface area contributed by atoms with Gasteiger partial charge in [-0.15, -0.1) is 0 Å². The van der Waals surface area contributed by atoms with Crippen molar-refractivity contribution in [2.75, 3.05) is 6.61 Å². The zero-order chi connectivity index (χ0) is 14.4. The quantitative estimate of drug-likeness (QED) is 0.855. The predicted molar refractivity (Wildman–Crippen MR) is 67.7 cm³/mol. The van der Waals surface area contributed by atoms with Crippen LogP contribution in [0.4, 0.5) is 13.2 Å². The Balaban J connectivity index is 2.13. The van der Waals surface area contributed by atoms with Crippen molar-refractivity contribution in [3.63, 3.8) is 0 Å². The first kappa shape index (κ1) is 14.5. The van der Waals surface area contributed by atoms with Crippen LogP contribution in [0.2, 0.25) is 0 Å². The van der Waals surface area contributed by atoms with Gasteiger partial charge in [-0.2, -0.15) is 18.7 Å². The lowest BCUT2D eigenvalue weighted by Crippen LogP contribution is -2.28. The molecule has 1 atom stereocenters. The van der Waals surface area contributed by atoms with E-state index in [1.54, 1.807) is 24.5 Å². The van der Waals surface area contributed by atoms with Crippen LogP contribution in [0.25, 0.3) is 0 Å². The van der Waals surface area contributed by atoms with E-state index < -0.39 is 18.8 Å². The first-order valence-electron chi connectivity index (χ1n) is 5.95. The molecule has 20 heavy (non-hydrogen) atoms. The fourth-order valence-corrected chi connectivity index (χ4v) is 1.74. The van der Waals surface area contributed by atoms with Crippen molar-refractivity contribution < 1.29 is 18.0 Å². The van der Waals surface area contributed by atoms with Gasteiger partial charge in [-0.25, -0.2) is 0 Å². The number of aromatic nitrogens is 1. The summed E-state index contributed by atoms with van der Waals surface area (Å²) in [7, 11) is 0. The lowest BCUT2D eigenvalue weighted by Gasteiger charge is -2.19. The summed E-state index contributed by atoms with van der Waals surface area (Å²) in [4.78, 5) is 8.47. The maximum Gasteiger partial charge on any atom is 0.413 e. The molecule has 1 aromatic carbocycles. The molecule has 0 aliphatic carbocycles. The van der Waals surface area contributed by atoms with E-state index in [-0.39, 0.29) is 0 Å². The highest BCUT2D eigenvalue weighted by Gasteiger charge is 2.28. The summed E-state index contributed by atoms with van der Waals surface area (Å²) in [6, 6.07) is 12.1. The average molecular weight is 282 g/mol. The highest BCUT2D eigenvalue weighted by Crippen LogP contribution is 2.22. The molecule has 2 rings (SSSR count). The molecule has 1 N–H and O–H groups in total.